The zero-order valence-electron chi connectivity index (χ0n) is 20.2. The van der Waals surface area contributed by atoms with Crippen molar-refractivity contribution in [1.82, 2.24) is 35.0 Å². The molecule has 1 N–H and O–H groups in total. The molecule has 1 saturated heterocycles. The van der Waals surface area contributed by atoms with E-state index < -0.39 is 0 Å². The molecule has 3 aromatic rings. The van der Waals surface area contributed by atoms with Crippen LogP contribution in [0.5, 0.6) is 0 Å². The Hall–Kier alpha value is -2.62. The Balaban J connectivity index is 1.59. The number of H-pyrrole nitrogens is 1. The summed E-state index contributed by atoms with van der Waals surface area (Å²) in [6.07, 6.45) is 0.964. The maximum atomic E-state index is 12.9. The molecular formula is C24H35N7O2. The van der Waals surface area contributed by atoms with Gasteiger partial charge in [-0.05, 0) is 66.8 Å². The Morgan fingerprint density at radius 2 is 1.94 bits per heavy atom. The van der Waals surface area contributed by atoms with Crippen molar-refractivity contribution in [3.8, 4) is 0 Å². The van der Waals surface area contributed by atoms with Crippen molar-refractivity contribution >= 4 is 10.9 Å². The first kappa shape index (κ1) is 23.5. The molecule has 9 heteroatoms. The number of nitrogens with one attached hydrogen (secondary N) is 1. The second kappa shape index (κ2) is 10.1. The summed E-state index contributed by atoms with van der Waals surface area (Å²) < 4.78 is 7.35. The number of fused-ring (bicyclic) bond motifs is 1. The molecule has 0 saturated carbocycles. The molecule has 1 aliphatic heterocycles. The van der Waals surface area contributed by atoms with Crippen LogP contribution in [0.3, 0.4) is 0 Å². The zero-order chi connectivity index (χ0) is 23.4. The third-order valence-corrected chi connectivity index (χ3v) is 6.16. The Morgan fingerprint density at radius 3 is 2.67 bits per heavy atom. The van der Waals surface area contributed by atoms with Gasteiger partial charge in [-0.2, -0.15) is 0 Å². The Kier molecular flexibility index (Phi) is 7.21. The second-order valence-corrected chi connectivity index (χ2v) is 9.74. The molecule has 1 aliphatic rings. The largest absolute Gasteiger partial charge is 0.379 e. The number of benzene rings is 1. The van der Waals surface area contributed by atoms with E-state index in [4.69, 9.17) is 4.74 Å². The van der Waals surface area contributed by atoms with Gasteiger partial charge in [0.1, 0.15) is 0 Å². The number of morpholine rings is 1. The van der Waals surface area contributed by atoms with E-state index in [1.54, 1.807) is 0 Å². The lowest BCUT2D eigenvalue weighted by Gasteiger charge is -2.30. The van der Waals surface area contributed by atoms with Crippen LogP contribution in [0.25, 0.3) is 10.9 Å². The van der Waals surface area contributed by atoms with E-state index in [1.165, 1.54) is 5.56 Å². The van der Waals surface area contributed by atoms with Gasteiger partial charge in [-0.25, -0.2) is 4.68 Å². The lowest BCUT2D eigenvalue weighted by Crippen LogP contribution is -2.42. The summed E-state index contributed by atoms with van der Waals surface area (Å²) in [5, 5.41) is 13.5. The lowest BCUT2D eigenvalue weighted by atomic mass is 10.1. The highest BCUT2D eigenvalue weighted by molar-refractivity contribution is 5.79. The number of rotatable bonds is 8. The van der Waals surface area contributed by atoms with Crippen LogP contribution in [-0.2, 0) is 29.8 Å². The normalized spacial score (nSPS) is 15.5. The summed E-state index contributed by atoms with van der Waals surface area (Å²) in [5.41, 5.74) is 2.63. The standard InChI is InChI=1S/C24H35N7O2/c1-5-18-6-7-21-19(14-18)15-20(23(32)25-21)16-30(9-8-29-10-12-33-13-11-29)17-22-26-27-28-31(22)24(2,3)4/h6-7,14-15H,5,8-13,16-17H2,1-4H3,(H,25,32). The highest BCUT2D eigenvalue weighted by Gasteiger charge is 2.22. The van der Waals surface area contributed by atoms with Crippen LogP contribution >= 0.6 is 0 Å². The molecule has 178 valence electrons. The summed E-state index contributed by atoms with van der Waals surface area (Å²) in [6, 6.07) is 8.25. The van der Waals surface area contributed by atoms with Gasteiger partial charge in [0.25, 0.3) is 5.56 Å². The summed E-state index contributed by atoms with van der Waals surface area (Å²) in [7, 11) is 0. The van der Waals surface area contributed by atoms with Gasteiger partial charge in [0, 0.05) is 43.8 Å². The van der Waals surface area contributed by atoms with Crippen molar-refractivity contribution < 1.29 is 4.74 Å². The van der Waals surface area contributed by atoms with Gasteiger partial charge in [0.15, 0.2) is 5.82 Å². The average Bonchev–Trinajstić information content (AvgIpc) is 3.27. The fourth-order valence-corrected chi connectivity index (χ4v) is 4.23. The number of hydrogen-bond donors (Lipinski definition) is 1. The molecule has 33 heavy (non-hydrogen) atoms. The van der Waals surface area contributed by atoms with Gasteiger partial charge in [-0.1, -0.05) is 13.0 Å². The first-order chi connectivity index (χ1) is 15.8. The van der Waals surface area contributed by atoms with E-state index in [-0.39, 0.29) is 11.1 Å². The van der Waals surface area contributed by atoms with Gasteiger partial charge in [0.05, 0.1) is 25.3 Å². The highest BCUT2D eigenvalue weighted by atomic mass is 16.5. The zero-order valence-corrected chi connectivity index (χ0v) is 20.2. The maximum absolute atomic E-state index is 12.9. The topological polar surface area (TPSA) is 92.2 Å². The minimum Gasteiger partial charge on any atom is -0.379 e. The van der Waals surface area contributed by atoms with Crippen LogP contribution in [0.2, 0.25) is 0 Å². The smallest absolute Gasteiger partial charge is 0.252 e. The van der Waals surface area contributed by atoms with Crippen molar-refractivity contribution in [2.75, 3.05) is 39.4 Å². The number of aromatic amines is 1. The van der Waals surface area contributed by atoms with Gasteiger partial charge in [-0.3, -0.25) is 14.6 Å². The van der Waals surface area contributed by atoms with Gasteiger partial charge in [-0.15, -0.1) is 5.10 Å². The number of ether oxygens (including phenoxy) is 1. The van der Waals surface area contributed by atoms with Crippen LogP contribution in [0.4, 0.5) is 0 Å². The van der Waals surface area contributed by atoms with E-state index in [0.29, 0.717) is 13.1 Å². The molecule has 0 atom stereocenters. The van der Waals surface area contributed by atoms with Crippen molar-refractivity contribution in [3.63, 3.8) is 0 Å². The van der Waals surface area contributed by atoms with Gasteiger partial charge < -0.3 is 9.72 Å². The molecule has 0 aliphatic carbocycles. The lowest BCUT2D eigenvalue weighted by molar-refractivity contribution is 0.0321. The number of pyridine rings is 1. The summed E-state index contributed by atoms with van der Waals surface area (Å²) in [4.78, 5) is 20.6. The number of nitrogens with zero attached hydrogens (tertiary/aromatic N) is 6. The molecule has 0 spiro atoms. The first-order valence-electron chi connectivity index (χ1n) is 11.8. The minimum atomic E-state index is -0.217. The number of hydrogen-bond acceptors (Lipinski definition) is 7. The number of aromatic nitrogens is 5. The monoisotopic (exact) mass is 453 g/mol. The minimum absolute atomic E-state index is 0.0430. The molecule has 4 rings (SSSR count). The van der Waals surface area contributed by atoms with Crippen molar-refractivity contribution in [3.05, 3.63) is 51.6 Å². The fraction of sp³-hybridized carbons (Fsp3) is 0.583. The van der Waals surface area contributed by atoms with E-state index in [9.17, 15) is 4.79 Å². The Morgan fingerprint density at radius 1 is 1.15 bits per heavy atom. The highest BCUT2D eigenvalue weighted by Crippen LogP contribution is 2.18. The molecule has 0 amide bonds. The molecule has 9 nitrogen and oxygen atoms in total. The van der Waals surface area contributed by atoms with E-state index >= 15 is 0 Å². The molecule has 1 aromatic carbocycles. The van der Waals surface area contributed by atoms with Crippen LogP contribution in [-0.4, -0.2) is 74.4 Å². The average molecular weight is 454 g/mol. The van der Waals surface area contributed by atoms with Crippen LogP contribution < -0.4 is 5.56 Å². The van der Waals surface area contributed by atoms with Gasteiger partial charge >= 0.3 is 0 Å². The second-order valence-electron chi connectivity index (χ2n) is 9.74. The number of aryl methyl sites for hydroxylation is 1. The van der Waals surface area contributed by atoms with Crippen LogP contribution in [0, 0.1) is 0 Å². The van der Waals surface area contributed by atoms with Crippen molar-refractivity contribution in [1.29, 1.82) is 0 Å². The predicted molar refractivity (Wildman–Crippen MR) is 128 cm³/mol. The quantitative estimate of drug-likeness (QED) is 0.559. The van der Waals surface area contributed by atoms with E-state index in [2.05, 4.69) is 70.1 Å². The third-order valence-electron chi connectivity index (χ3n) is 6.16. The Bertz CT molecular complexity index is 1130. The molecule has 2 aromatic heterocycles. The molecule has 0 bridgehead atoms. The van der Waals surface area contributed by atoms with E-state index in [1.807, 2.05) is 16.8 Å². The molecule has 0 radical (unpaired) electrons. The molecule has 0 unspecified atom stereocenters. The molecule has 3 heterocycles. The molecular weight excluding hydrogens is 418 g/mol. The maximum Gasteiger partial charge on any atom is 0.252 e. The SMILES string of the molecule is CCc1ccc2[nH]c(=O)c(CN(CCN3CCOCC3)Cc3nnnn3C(C)(C)C)cc2c1. The predicted octanol–water partition coefficient (Wildman–Crippen LogP) is 2.17. The van der Waals surface area contributed by atoms with Crippen LogP contribution in [0.15, 0.2) is 29.1 Å². The summed E-state index contributed by atoms with van der Waals surface area (Å²) in [5.74, 6) is 0.801. The first-order valence-corrected chi connectivity index (χ1v) is 11.8. The number of tetrazole rings is 1. The van der Waals surface area contributed by atoms with Gasteiger partial charge in [0.2, 0.25) is 0 Å². The summed E-state index contributed by atoms with van der Waals surface area (Å²) in [6.45, 7) is 14.6. The third kappa shape index (κ3) is 5.85. The fourth-order valence-electron chi connectivity index (χ4n) is 4.23. The molecule has 1 fully saturated rings. The van der Waals surface area contributed by atoms with Crippen molar-refractivity contribution in [2.45, 2.75) is 52.7 Å². The van der Waals surface area contributed by atoms with Crippen molar-refractivity contribution in [2.24, 2.45) is 0 Å². The van der Waals surface area contributed by atoms with Crippen LogP contribution in [0.1, 0.15) is 44.6 Å². The Labute approximate surface area is 194 Å². The summed E-state index contributed by atoms with van der Waals surface area (Å²) >= 11 is 0. The van der Waals surface area contributed by atoms with E-state index in [0.717, 1.165) is 68.1 Å².